The quantitative estimate of drug-likeness (QED) is 0.905. The van der Waals surface area contributed by atoms with Crippen LogP contribution >= 0.6 is 11.3 Å². The second-order valence-corrected chi connectivity index (χ2v) is 5.99. The molecule has 0 bridgehead atoms. The first-order valence-electron chi connectivity index (χ1n) is 6.50. The molecule has 1 aromatic heterocycles. The minimum absolute atomic E-state index is 0.218. The normalized spacial score (nSPS) is 10.4. The van der Waals surface area contributed by atoms with Crippen LogP contribution in [0, 0.1) is 11.3 Å². The van der Waals surface area contributed by atoms with Crippen molar-refractivity contribution in [3.05, 3.63) is 51.2 Å². The lowest BCUT2D eigenvalue weighted by Gasteiger charge is -2.05. The Morgan fingerprint density at radius 1 is 1.43 bits per heavy atom. The lowest BCUT2D eigenvalue weighted by Crippen LogP contribution is -2.00. The molecule has 0 aliphatic rings. The number of hydrogen-bond acceptors (Lipinski definition) is 4. The number of rotatable bonds is 5. The Bertz CT molecular complexity index is 698. The standard InChI is InChI=1S/C16H15NO3S/c1-10(2)14-7-13(15(21-14)16(18)19)20-9-12-5-3-4-11(6-12)8-17/h3-7,10H,9H2,1-2H3,(H,18,19). The van der Waals surface area contributed by atoms with Crippen LogP contribution in [-0.4, -0.2) is 11.1 Å². The number of hydrogen-bond donors (Lipinski definition) is 1. The molecule has 108 valence electrons. The van der Waals surface area contributed by atoms with Crippen molar-refractivity contribution in [2.24, 2.45) is 0 Å². The number of ether oxygens (including phenoxy) is 1. The van der Waals surface area contributed by atoms with E-state index in [2.05, 4.69) is 6.07 Å². The van der Waals surface area contributed by atoms with E-state index in [0.29, 0.717) is 11.3 Å². The van der Waals surface area contributed by atoms with E-state index in [1.165, 1.54) is 11.3 Å². The highest BCUT2D eigenvalue weighted by Crippen LogP contribution is 2.34. The Morgan fingerprint density at radius 3 is 2.81 bits per heavy atom. The van der Waals surface area contributed by atoms with Crippen molar-refractivity contribution in [3.63, 3.8) is 0 Å². The van der Waals surface area contributed by atoms with Crippen LogP contribution in [0.25, 0.3) is 0 Å². The number of carbonyl (C=O) groups is 1. The van der Waals surface area contributed by atoms with Crippen molar-refractivity contribution in [1.82, 2.24) is 0 Å². The monoisotopic (exact) mass is 301 g/mol. The van der Waals surface area contributed by atoms with Gasteiger partial charge in [0.25, 0.3) is 0 Å². The Hall–Kier alpha value is -2.32. The molecular formula is C16H15NO3S. The smallest absolute Gasteiger partial charge is 0.349 e. The zero-order chi connectivity index (χ0) is 15.4. The molecule has 0 saturated heterocycles. The van der Waals surface area contributed by atoms with Gasteiger partial charge in [0, 0.05) is 4.88 Å². The van der Waals surface area contributed by atoms with Crippen molar-refractivity contribution in [3.8, 4) is 11.8 Å². The Balaban J connectivity index is 2.19. The zero-order valence-corrected chi connectivity index (χ0v) is 12.6. The van der Waals surface area contributed by atoms with Gasteiger partial charge >= 0.3 is 5.97 Å². The SMILES string of the molecule is CC(C)c1cc(OCc2cccc(C#N)c2)c(C(=O)O)s1. The summed E-state index contributed by atoms with van der Waals surface area (Å²) in [5.41, 5.74) is 1.39. The van der Waals surface area contributed by atoms with Crippen molar-refractivity contribution >= 4 is 17.3 Å². The molecule has 0 fully saturated rings. The summed E-state index contributed by atoms with van der Waals surface area (Å²) in [6.07, 6.45) is 0. The topological polar surface area (TPSA) is 70.3 Å². The predicted octanol–water partition coefficient (Wildman–Crippen LogP) is 4.02. The van der Waals surface area contributed by atoms with E-state index in [0.717, 1.165) is 10.4 Å². The van der Waals surface area contributed by atoms with Crippen LogP contribution in [0.1, 0.15) is 45.4 Å². The molecule has 0 aliphatic carbocycles. The van der Waals surface area contributed by atoms with Gasteiger partial charge in [0.2, 0.25) is 0 Å². The van der Waals surface area contributed by atoms with Crippen LogP contribution in [0.2, 0.25) is 0 Å². The van der Waals surface area contributed by atoms with Gasteiger partial charge in [0.05, 0.1) is 11.6 Å². The lowest BCUT2D eigenvalue weighted by molar-refractivity contribution is 0.0697. The van der Waals surface area contributed by atoms with Crippen molar-refractivity contribution in [1.29, 1.82) is 5.26 Å². The molecule has 0 aliphatic heterocycles. The number of nitrogens with zero attached hydrogens (tertiary/aromatic N) is 1. The van der Waals surface area contributed by atoms with Gasteiger partial charge < -0.3 is 9.84 Å². The van der Waals surface area contributed by atoms with Gasteiger partial charge in [-0.1, -0.05) is 26.0 Å². The number of thiophene rings is 1. The van der Waals surface area contributed by atoms with E-state index in [1.54, 1.807) is 24.3 Å². The molecule has 21 heavy (non-hydrogen) atoms. The maximum absolute atomic E-state index is 11.3. The molecule has 2 aromatic rings. The predicted molar refractivity (Wildman–Crippen MR) is 80.9 cm³/mol. The fourth-order valence-electron chi connectivity index (χ4n) is 1.82. The summed E-state index contributed by atoms with van der Waals surface area (Å²) in [4.78, 5) is 12.5. The summed E-state index contributed by atoms with van der Waals surface area (Å²) in [6.45, 7) is 4.26. The first kappa shape index (κ1) is 15.1. The van der Waals surface area contributed by atoms with Crippen LogP contribution in [-0.2, 0) is 6.61 Å². The summed E-state index contributed by atoms with van der Waals surface area (Å²) >= 11 is 1.24. The van der Waals surface area contributed by atoms with E-state index in [-0.39, 0.29) is 17.4 Å². The number of carboxylic acid groups (broad SMARTS) is 1. The number of carboxylic acids is 1. The molecule has 5 heteroatoms. The molecule has 1 heterocycles. The summed E-state index contributed by atoms with van der Waals surface area (Å²) in [6, 6.07) is 10.9. The molecule has 2 rings (SSSR count). The third-order valence-corrected chi connectivity index (χ3v) is 4.34. The molecule has 0 radical (unpaired) electrons. The van der Waals surface area contributed by atoms with Crippen LogP contribution < -0.4 is 4.74 Å². The second-order valence-electron chi connectivity index (χ2n) is 4.90. The first-order valence-corrected chi connectivity index (χ1v) is 7.31. The number of aromatic carboxylic acids is 1. The molecule has 0 unspecified atom stereocenters. The van der Waals surface area contributed by atoms with Crippen LogP contribution in [0.3, 0.4) is 0 Å². The Kier molecular flexibility index (Phi) is 4.61. The molecule has 4 nitrogen and oxygen atoms in total. The van der Waals surface area contributed by atoms with Crippen LogP contribution in [0.5, 0.6) is 5.75 Å². The molecule has 1 aromatic carbocycles. The molecular weight excluding hydrogens is 286 g/mol. The largest absolute Gasteiger partial charge is 0.487 e. The van der Waals surface area contributed by atoms with E-state index < -0.39 is 5.97 Å². The van der Waals surface area contributed by atoms with Crippen molar-refractivity contribution in [2.45, 2.75) is 26.4 Å². The molecule has 0 saturated carbocycles. The van der Waals surface area contributed by atoms with E-state index in [1.807, 2.05) is 19.9 Å². The maximum Gasteiger partial charge on any atom is 0.349 e. The molecule has 0 atom stereocenters. The molecule has 0 spiro atoms. The van der Waals surface area contributed by atoms with Crippen molar-refractivity contribution < 1.29 is 14.6 Å². The summed E-state index contributed by atoms with van der Waals surface area (Å²) in [7, 11) is 0. The first-order chi connectivity index (χ1) is 10.0. The summed E-state index contributed by atoms with van der Waals surface area (Å²) in [5.74, 6) is -0.335. The lowest BCUT2D eigenvalue weighted by atomic mass is 10.1. The van der Waals surface area contributed by atoms with Gasteiger partial charge in [-0.2, -0.15) is 5.26 Å². The van der Waals surface area contributed by atoms with Gasteiger partial charge in [-0.05, 0) is 29.7 Å². The fourth-order valence-corrected chi connectivity index (χ4v) is 2.77. The van der Waals surface area contributed by atoms with E-state index >= 15 is 0 Å². The zero-order valence-electron chi connectivity index (χ0n) is 11.8. The molecule has 0 amide bonds. The minimum Gasteiger partial charge on any atom is -0.487 e. The van der Waals surface area contributed by atoms with Gasteiger partial charge in [0.1, 0.15) is 12.4 Å². The third-order valence-electron chi connectivity index (χ3n) is 2.93. The summed E-state index contributed by atoms with van der Waals surface area (Å²) < 4.78 is 5.63. The number of benzene rings is 1. The average Bonchev–Trinajstić information content (AvgIpc) is 2.90. The highest BCUT2D eigenvalue weighted by atomic mass is 32.1. The van der Waals surface area contributed by atoms with Crippen molar-refractivity contribution in [2.75, 3.05) is 0 Å². The maximum atomic E-state index is 11.3. The third kappa shape index (κ3) is 3.61. The molecule has 1 N–H and O–H groups in total. The summed E-state index contributed by atoms with van der Waals surface area (Å²) in [5, 5.41) is 18.1. The van der Waals surface area contributed by atoms with Gasteiger partial charge in [0.15, 0.2) is 4.88 Å². The second kappa shape index (κ2) is 6.42. The minimum atomic E-state index is -0.979. The highest BCUT2D eigenvalue weighted by molar-refractivity contribution is 7.14. The number of nitriles is 1. The van der Waals surface area contributed by atoms with Crippen LogP contribution in [0.15, 0.2) is 30.3 Å². The van der Waals surface area contributed by atoms with Crippen LogP contribution in [0.4, 0.5) is 0 Å². The van der Waals surface area contributed by atoms with E-state index in [4.69, 9.17) is 10.00 Å². The van der Waals surface area contributed by atoms with Gasteiger partial charge in [-0.3, -0.25) is 0 Å². The van der Waals surface area contributed by atoms with Gasteiger partial charge in [-0.25, -0.2) is 4.79 Å². The Labute approximate surface area is 127 Å². The fraction of sp³-hybridized carbons (Fsp3) is 0.250. The van der Waals surface area contributed by atoms with E-state index in [9.17, 15) is 9.90 Å². The average molecular weight is 301 g/mol. The Morgan fingerprint density at radius 2 is 2.19 bits per heavy atom. The highest BCUT2D eigenvalue weighted by Gasteiger charge is 2.18. The van der Waals surface area contributed by atoms with Gasteiger partial charge in [-0.15, -0.1) is 11.3 Å².